The Bertz CT molecular complexity index is 606. The van der Waals surface area contributed by atoms with E-state index in [9.17, 15) is 4.79 Å². The third kappa shape index (κ3) is 1.56. The summed E-state index contributed by atoms with van der Waals surface area (Å²) in [5.74, 6) is 0.348. The molecule has 0 N–H and O–H groups in total. The molecule has 1 aliphatic heterocycles. The number of anilines is 1. The number of benzene rings is 1. The lowest BCUT2D eigenvalue weighted by molar-refractivity contribution is -0.605. The number of carbonyl (C=O) groups is 1. The molecule has 2 aromatic rings. The SMILES string of the molecule is Cc1csc2[n+]1-c1ccccc1N(C=O)CC2C. The molecule has 0 saturated carbocycles. The van der Waals surface area contributed by atoms with Crippen LogP contribution in [-0.4, -0.2) is 13.0 Å². The number of rotatable bonds is 1. The van der Waals surface area contributed by atoms with E-state index in [2.05, 4.69) is 29.9 Å². The highest BCUT2D eigenvalue weighted by atomic mass is 32.1. The highest BCUT2D eigenvalue weighted by molar-refractivity contribution is 7.09. The summed E-state index contributed by atoms with van der Waals surface area (Å²) in [6, 6.07) is 8.09. The zero-order valence-corrected chi connectivity index (χ0v) is 11.3. The largest absolute Gasteiger partial charge is 0.308 e. The van der Waals surface area contributed by atoms with E-state index in [4.69, 9.17) is 0 Å². The lowest BCUT2D eigenvalue weighted by Crippen LogP contribution is -2.35. The van der Waals surface area contributed by atoms with Crippen LogP contribution in [-0.2, 0) is 4.79 Å². The number of aromatic nitrogens is 1. The monoisotopic (exact) mass is 259 g/mol. The highest BCUT2D eigenvalue weighted by Gasteiger charge is 2.33. The van der Waals surface area contributed by atoms with Crippen LogP contribution >= 0.6 is 11.3 Å². The fourth-order valence-electron chi connectivity index (χ4n) is 2.54. The van der Waals surface area contributed by atoms with Crippen molar-refractivity contribution in [3.05, 3.63) is 40.3 Å². The summed E-state index contributed by atoms with van der Waals surface area (Å²) < 4.78 is 2.27. The number of para-hydroxylation sites is 2. The molecule has 92 valence electrons. The molecular formula is C14H15N2OS+. The lowest BCUT2D eigenvalue weighted by atomic mass is 10.2. The van der Waals surface area contributed by atoms with Gasteiger partial charge in [-0.3, -0.25) is 4.79 Å². The molecule has 1 amide bonds. The number of thiazole rings is 1. The fraction of sp³-hybridized carbons (Fsp3) is 0.286. The van der Waals surface area contributed by atoms with Crippen molar-refractivity contribution in [2.75, 3.05) is 11.4 Å². The van der Waals surface area contributed by atoms with Crippen molar-refractivity contribution in [2.45, 2.75) is 19.8 Å². The van der Waals surface area contributed by atoms with E-state index >= 15 is 0 Å². The van der Waals surface area contributed by atoms with Gasteiger partial charge in [0.2, 0.25) is 17.1 Å². The van der Waals surface area contributed by atoms with Gasteiger partial charge in [0.1, 0.15) is 5.69 Å². The number of nitrogens with zero attached hydrogens (tertiary/aromatic N) is 2. The molecule has 4 heteroatoms. The molecule has 18 heavy (non-hydrogen) atoms. The van der Waals surface area contributed by atoms with Gasteiger partial charge in [0, 0.05) is 19.5 Å². The Hall–Kier alpha value is -1.68. The highest BCUT2D eigenvalue weighted by Crippen LogP contribution is 2.30. The average molecular weight is 259 g/mol. The van der Waals surface area contributed by atoms with Crippen LogP contribution < -0.4 is 9.47 Å². The van der Waals surface area contributed by atoms with E-state index in [1.54, 1.807) is 16.2 Å². The summed E-state index contributed by atoms with van der Waals surface area (Å²) in [5, 5.41) is 3.49. The predicted molar refractivity (Wildman–Crippen MR) is 72.4 cm³/mol. The van der Waals surface area contributed by atoms with E-state index in [-0.39, 0.29) is 0 Å². The van der Waals surface area contributed by atoms with Gasteiger partial charge < -0.3 is 4.90 Å². The van der Waals surface area contributed by atoms with Gasteiger partial charge in [0.05, 0.1) is 11.3 Å². The van der Waals surface area contributed by atoms with Crippen LogP contribution in [0.5, 0.6) is 0 Å². The van der Waals surface area contributed by atoms with Crippen LogP contribution in [0.3, 0.4) is 0 Å². The summed E-state index contributed by atoms with van der Waals surface area (Å²) in [6.07, 6.45) is 0.932. The van der Waals surface area contributed by atoms with E-state index < -0.39 is 0 Å². The molecule has 3 rings (SSSR count). The third-order valence-corrected chi connectivity index (χ3v) is 4.66. The second-order valence-electron chi connectivity index (χ2n) is 4.70. The van der Waals surface area contributed by atoms with Gasteiger partial charge in [-0.15, -0.1) is 4.57 Å². The van der Waals surface area contributed by atoms with Crippen molar-refractivity contribution < 1.29 is 9.36 Å². The predicted octanol–water partition coefficient (Wildman–Crippen LogP) is 2.41. The zero-order chi connectivity index (χ0) is 12.7. The average Bonchev–Trinajstić information content (AvgIpc) is 2.72. The smallest absolute Gasteiger partial charge is 0.248 e. The molecule has 1 aliphatic rings. The molecule has 0 bridgehead atoms. The van der Waals surface area contributed by atoms with Crippen LogP contribution in [0.1, 0.15) is 23.5 Å². The summed E-state index contributed by atoms with van der Waals surface area (Å²) in [6.45, 7) is 5.02. The van der Waals surface area contributed by atoms with Crippen LogP contribution in [0.4, 0.5) is 5.69 Å². The maximum atomic E-state index is 11.3. The van der Waals surface area contributed by atoms with Crippen molar-refractivity contribution in [1.82, 2.24) is 0 Å². The molecule has 1 aromatic carbocycles. The topological polar surface area (TPSA) is 24.2 Å². The molecular weight excluding hydrogens is 244 g/mol. The summed E-state index contributed by atoms with van der Waals surface area (Å²) >= 11 is 1.77. The normalized spacial score (nSPS) is 17.9. The Morgan fingerprint density at radius 3 is 3.00 bits per heavy atom. The third-order valence-electron chi connectivity index (χ3n) is 3.37. The van der Waals surface area contributed by atoms with E-state index in [1.165, 1.54) is 10.7 Å². The molecule has 1 aromatic heterocycles. The molecule has 3 nitrogen and oxygen atoms in total. The maximum Gasteiger partial charge on any atom is 0.248 e. The Morgan fingerprint density at radius 1 is 1.44 bits per heavy atom. The van der Waals surface area contributed by atoms with Crippen molar-refractivity contribution in [2.24, 2.45) is 0 Å². The van der Waals surface area contributed by atoms with Gasteiger partial charge in [-0.1, -0.05) is 23.5 Å². The van der Waals surface area contributed by atoms with Crippen LogP contribution in [0.25, 0.3) is 5.69 Å². The van der Waals surface area contributed by atoms with Crippen LogP contribution in [0.2, 0.25) is 0 Å². The standard InChI is InChI=1S/C14H15N2OS/c1-10-7-15(9-17)12-5-3-4-6-13(12)16-11(2)8-18-14(10)16/h3-6,8-10H,7H2,1-2H3/q+1. The molecule has 0 aliphatic carbocycles. The lowest BCUT2D eigenvalue weighted by Gasteiger charge is -2.16. The van der Waals surface area contributed by atoms with Crippen molar-refractivity contribution in [3.63, 3.8) is 0 Å². The first-order valence-corrected chi connectivity index (χ1v) is 6.91. The molecule has 2 heterocycles. The van der Waals surface area contributed by atoms with Gasteiger partial charge in [-0.2, -0.15) is 0 Å². The van der Waals surface area contributed by atoms with E-state index in [1.807, 2.05) is 18.2 Å². The maximum absolute atomic E-state index is 11.3. The van der Waals surface area contributed by atoms with Crippen molar-refractivity contribution in [1.29, 1.82) is 0 Å². The van der Waals surface area contributed by atoms with Gasteiger partial charge in [-0.25, -0.2) is 0 Å². The van der Waals surface area contributed by atoms with Crippen molar-refractivity contribution >= 4 is 23.4 Å². The summed E-state index contributed by atoms with van der Waals surface area (Å²) in [7, 11) is 0. The minimum absolute atomic E-state index is 0.348. The quantitative estimate of drug-likeness (QED) is 0.570. The molecule has 1 atom stereocenters. The fourth-order valence-corrected chi connectivity index (χ4v) is 3.59. The Balaban J connectivity index is 2.31. The molecule has 0 radical (unpaired) electrons. The Kier molecular flexibility index (Phi) is 2.67. The number of hydrogen-bond acceptors (Lipinski definition) is 2. The summed E-state index contributed by atoms with van der Waals surface area (Å²) in [5.41, 5.74) is 3.31. The van der Waals surface area contributed by atoms with E-state index in [0.717, 1.165) is 24.3 Å². The first-order chi connectivity index (χ1) is 8.72. The first kappa shape index (κ1) is 11.4. The number of hydrogen-bond donors (Lipinski definition) is 0. The number of fused-ring (bicyclic) bond motifs is 3. The first-order valence-electron chi connectivity index (χ1n) is 6.03. The van der Waals surface area contributed by atoms with Gasteiger partial charge in [0.15, 0.2) is 5.69 Å². The molecule has 1 unspecified atom stereocenters. The van der Waals surface area contributed by atoms with Crippen LogP contribution in [0, 0.1) is 6.92 Å². The summed E-state index contributed by atoms with van der Waals surface area (Å²) in [4.78, 5) is 13.1. The Labute approximate surface area is 110 Å². The second kappa shape index (κ2) is 4.21. The second-order valence-corrected chi connectivity index (χ2v) is 5.59. The number of aryl methyl sites for hydroxylation is 1. The van der Waals surface area contributed by atoms with E-state index in [0.29, 0.717) is 5.92 Å². The van der Waals surface area contributed by atoms with Gasteiger partial charge in [0.25, 0.3) is 0 Å². The minimum atomic E-state index is 0.348. The van der Waals surface area contributed by atoms with Crippen LogP contribution in [0.15, 0.2) is 29.6 Å². The Morgan fingerprint density at radius 2 is 2.22 bits per heavy atom. The number of carbonyl (C=O) groups excluding carboxylic acids is 1. The minimum Gasteiger partial charge on any atom is -0.308 e. The molecule has 0 spiro atoms. The van der Waals surface area contributed by atoms with Gasteiger partial charge >= 0.3 is 0 Å². The van der Waals surface area contributed by atoms with Crippen molar-refractivity contribution in [3.8, 4) is 5.69 Å². The number of amides is 1. The van der Waals surface area contributed by atoms with Gasteiger partial charge in [-0.05, 0) is 13.0 Å². The molecule has 0 fully saturated rings. The zero-order valence-electron chi connectivity index (χ0n) is 10.5. The molecule has 0 saturated heterocycles.